The molecule has 3 heteroatoms. The number of para-hydroxylation sites is 2. The summed E-state index contributed by atoms with van der Waals surface area (Å²) in [5.41, 5.74) is 1.70. The van der Waals surface area contributed by atoms with Gasteiger partial charge in [-0.25, -0.2) is 0 Å². The van der Waals surface area contributed by atoms with Gasteiger partial charge in [0.1, 0.15) is 5.75 Å². The second-order valence-electron chi connectivity index (χ2n) is 3.66. The van der Waals surface area contributed by atoms with Crippen LogP contribution in [0.15, 0.2) is 59.7 Å². The number of nitrogens with zero attached hydrogens (tertiary/aromatic N) is 2. The number of rotatable bonds is 3. The van der Waals surface area contributed by atoms with Gasteiger partial charge in [0.15, 0.2) is 0 Å². The van der Waals surface area contributed by atoms with Crippen molar-refractivity contribution in [1.29, 1.82) is 0 Å². The maximum Gasteiger partial charge on any atom is 0.124 e. The number of hydrogen-bond acceptors (Lipinski definition) is 3. The van der Waals surface area contributed by atoms with Crippen LogP contribution in [0.4, 0.5) is 5.69 Å². The van der Waals surface area contributed by atoms with Crippen molar-refractivity contribution in [3.05, 3.63) is 60.2 Å². The number of hydrazone groups is 1. The summed E-state index contributed by atoms with van der Waals surface area (Å²) < 4.78 is 0. The molecule has 0 heterocycles. The first-order chi connectivity index (χ1) is 8.27. The summed E-state index contributed by atoms with van der Waals surface area (Å²) in [6.07, 6.45) is 1.64. The van der Waals surface area contributed by atoms with Crippen molar-refractivity contribution >= 4 is 11.9 Å². The van der Waals surface area contributed by atoms with Crippen LogP contribution in [0, 0.1) is 0 Å². The van der Waals surface area contributed by atoms with Crippen LogP contribution in [-0.2, 0) is 0 Å². The summed E-state index contributed by atoms with van der Waals surface area (Å²) in [6.45, 7) is 0. The monoisotopic (exact) mass is 226 g/mol. The van der Waals surface area contributed by atoms with Crippen molar-refractivity contribution in [2.45, 2.75) is 0 Å². The second kappa shape index (κ2) is 5.16. The predicted octanol–water partition coefficient (Wildman–Crippen LogP) is 2.86. The molecule has 86 valence electrons. The molecule has 1 N–H and O–H groups in total. The molecule has 0 unspecified atom stereocenters. The van der Waals surface area contributed by atoms with Gasteiger partial charge in [0, 0.05) is 12.6 Å². The molecule has 2 rings (SSSR count). The van der Waals surface area contributed by atoms with E-state index >= 15 is 0 Å². The van der Waals surface area contributed by atoms with E-state index < -0.39 is 0 Å². The Morgan fingerprint density at radius 3 is 2.35 bits per heavy atom. The van der Waals surface area contributed by atoms with Crippen molar-refractivity contribution in [3.63, 3.8) is 0 Å². The topological polar surface area (TPSA) is 35.8 Å². The van der Waals surface area contributed by atoms with E-state index in [4.69, 9.17) is 0 Å². The molecule has 0 saturated carbocycles. The van der Waals surface area contributed by atoms with E-state index in [2.05, 4.69) is 5.10 Å². The van der Waals surface area contributed by atoms with E-state index in [0.717, 1.165) is 5.69 Å². The van der Waals surface area contributed by atoms with Crippen LogP contribution in [0.2, 0.25) is 0 Å². The van der Waals surface area contributed by atoms with Crippen molar-refractivity contribution in [2.75, 3.05) is 12.1 Å². The number of benzene rings is 2. The first kappa shape index (κ1) is 11.2. The summed E-state index contributed by atoms with van der Waals surface area (Å²) >= 11 is 0. The molecule has 0 aliphatic rings. The Bertz CT molecular complexity index is 509. The minimum Gasteiger partial charge on any atom is -0.507 e. The maximum atomic E-state index is 9.58. The standard InChI is InChI=1S/C14H14N2O/c1-16(13-8-3-2-4-9-13)15-11-12-7-5-6-10-14(12)17/h2-11,17H,1H3. The Morgan fingerprint density at radius 1 is 1.00 bits per heavy atom. The lowest BCUT2D eigenvalue weighted by Gasteiger charge is -2.12. The van der Waals surface area contributed by atoms with E-state index in [9.17, 15) is 5.11 Å². The van der Waals surface area contributed by atoms with Gasteiger partial charge in [-0.1, -0.05) is 30.3 Å². The van der Waals surface area contributed by atoms with Gasteiger partial charge in [0.2, 0.25) is 0 Å². The molecule has 0 saturated heterocycles. The highest BCUT2D eigenvalue weighted by atomic mass is 16.3. The zero-order chi connectivity index (χ0) is 12.1. The van der Waals surface area contributed by atoms with Crippen LogP contribution >= 0.6 is 0 Å². The number of phenolic OH excluding ortho intramolecular Hbond substituents is 1. The largest absolute Gasteiger partial charge is 0.507 e. The van der Waals surface area contributed by atoms with Crippen LogP contribution in [-0.4, -0.2) is 18.4 Å². The third-order valence-corrected chi connectivity index (χ3v) is 2.44. The molecule has 2 aromatic carbocycles. The molecule has 0 aliphatic heterocycles. The number of aromatic hydroxyl groups is 1. The van der Waals surface area contributed by atoms with Crippen molar-refractivity contribution in [1.82, 2.24) is 0 Å². The molecule has 0 bridgehead atoms. The highest BCUT2D eigenvalue weighted by molar-refractivity contribution is 5.83. The third-order valence-electron chi connectivity index (χ3n) is 2.44. The zero-order valence-electron chi connectivity index (χ0n) is 9.62. The first-order valence-electron chi connectivity index (χ1n) is 5.38. The lowest BCUT2D eigenvalue weighted by molar-refractivity contribution is 0.474. The molecule has 0 spiro atoms. The fraction of sp³-hybridized carbons (Fsp3) is 0.0714. The van der Waals surface area contributed by atoms with E-state index in [1.165, 1.54) is 0 Å². The quantitative estimate of drug-likeness (QED) is 0.645. The van der Waals surface area contributed by atoms with Gasteiger partial charge >= 0.3 is 0 Å². The predicted molar refractivity (Wildman–Crippen MR) is 70.5 cm³/mol. The van der Waals surface area contributed by atoms with Crippen LogP contribution in [0.3, 0.4) is 0 Å². The Hall–Kier alpha value is -2.29. The van der Waals surface area contributed by atoms with Gasteiger partial charge in [-0.15, -0.1) is 0 Å². The molecule has 17 heavy (non-hydrogen) atoms. The fourth-order valence-electron chi connectivity index (χ4n) is 1.46. The van der Waals surface area contributed by atoms with Gasteiger partial charge in [-0.3, -0.25) is 5.01 Å². The van der Waals surface area contributed by atoms with Gasteiger partial charge in [0.25, 0.3) is 0 Å². The number of anilines is 1. The Kier molecular flexibility index (Phi) is 3.40. The fourth-order valence-corrected chi connectivity index (χ4v) is 1.46. The molecule has 0 radical (unpaired) electrons. The normalized spacial score (nSPS) is 10.6. The van der Waals surface area contributed by atoms with E-state index in [0.29, 0.717) is 5.56 Å². The molecule has 0 fully saturated rings. The van der Waals surface area contributed by atoms with E-state index in [1.54, 1.807) is 23.4 Å². The molecule has 0 amide bonds. The molecule has 0 atom stereocenters. The number of phenols is 1. The van der Waals surface area contributed by atoms with E-state index in [-0.39, 0.29) is 5.75 Å². The highest BCUT2D eigenvalue weighted by Crippen LogP contribution is 2.14. The summed E-state index contributed by atoms with van der Waals surface area (Å²) in [4.78, 5) is 0. The van der Waals surface area contributed by atoms with Crippen LogP contribution in [0.1, 0.15) is 5.56 Å². The van der Waals surface area contributed by atoms with Gasteiger partial charge < -0.3 is 5.11 Å². The van der Waals surface area contributed by atoms with Crippen LogP contribution in [0.5, 0.6) is 5.75 Å². The molecular formula is C14H14N2O. The van der Waals surface area contributed by atoms with Gasteiger partial charge in [0.05, 0.1) is 11.9 Å². The molecule has 0 aromatic heterocycles. The molecule has 2 aromatic rings. The minimum absolute atomic E-state index is 0.234. The van der Waals surface area contributed by atoms with E-state index in [1.807, 2.05) is 49.5 Å². The SMILES string of the molecule is CN(N=Cc1ccccc1O)c1ccccc1. The minimum atomic E-state index is 0.234. The lowest BCUT2D eigenvalue weighted by Crippen LogP contribution is -2.08. The van der Waals surface area contributed by atoms with Crippen LogP contribution < -0.4 is 5.01 Å². The lowest BCUT2D eigenvalue weighted by atomic mass is 10.2. The van der Waals surface area contributed by atoms with Gasteiger partial charge in [-0.05, 0) is 24.3 Å². The zero-order valence-corrected chi connectivity index (χ0v) is 9.62. The summed E-state index contributed by atoms with van der Waals surface area (Å²) in [6, 6.07) is 16.9. The summed E-state index contributed by atoms with van der Waals surface area (Å²) in [5, 5.41) is 15.6. The summed E-state index contributed by atoms with van der Waals surface area (Å²) in [5.74, 6) is 0.234. The Labute approximate surface area is 101 Å². The molecule has 3 nitrogen and oxygen atoms in total. The van der Waals surface area contributed by atoms with Gasteiger partial charge in [-0.2, -0.15) is 5.10 Å². The van der Waals surface area contributed by atoms with Crippen molar-refractivity contribution in [2.24, 2.45) is 5.10 Å². The second-order valence-corrected chi connectivity index (χ2v) is 3.66. The average molecular weight is 226 g/mol. The third kappa shape index (κ3) is 2.84. The Morgan fingerprint density at radius 2 is 1.65 bits per heavy atom. The average Bonchev–Trinajstić information content (AvgIpc) is 2.38. The summed E-state index contributed by atoms with van der Waals surface area (Å²) in [7, 11) is 1.87. The number of hydrogen-bond donors (Lipinski definition) is 1. The first-order valence-corrected chi connectivity index (χ1v) is 5.38. The highest BCUT2D eigenvalue weighted by Gasteiger charge is 1.98. The Balaban J connectivity index is 2.14. The molecule has 0 aliphatic carbocycles. The molecular weight excluding hydrogens is 212 g/mol. The smallest absolute Gasteiger partial charge is 0.124 e. The van der Waals surface area contributed by atoms with Crippen LogP contribution in [0.25, 0.3) is 0 Å². The van der Waals surface area contributed by atoms with Crippen molar-refractivity contribution in [3.8, 4) is 5.75 Å². The maximum absolute atomic E-state index is 9.58. The van der Waals surface area contributed by atoms with Crippen molar-refractivity contribution < 1.29 is 5.11 Å².